The minimum atomic E-state index is 0.196. The normalized spacial score (nSPS) is 10.8. The number of hydrogen-bond donors (Lipinski definition) is 0. The second-order valence-corrected chi connectivity index (χ2v) is 5.51. The molecule has 1 heteroatoms. The first kappa shape index (κ1) is 13.6. The average molecular weight is 274 g/mol. The SMILES string of the molecule is Cc1cccc(C)c1C(=O)Cc1cccc2ccccc12. The molecule has 0 saturated heterocycles. The van der Waals surface area contributed by atoms with Crippen LogP contribution < -0.4 is 0 Å². The average Bonchev–Trinajstić information content (AvgIpc) is 2.47. The topological polar surface area (TPSA) is 17.1 Å². The van der Waals surface area contributed by atoms with E-state index < -0.39 is 0 Å². The Kier molecular flexibility index (Phi) is 3.57. The summed E-state index contributed by atoms with van der Waals surface area (Å²) in [6.07, 6.45) is 0.451. The molecular formula is C20H18O. The third-order valence-corrected chi connectivity index (χ3v) is 3.99. The summed E-state index contributed by atoms with van der Waals surface area (Å²) in [5, 5.41) is 2.35. The van der Waals surface area contributed by atoms with E-state index >= 15 is 0 Å². The molecule has 0 heterocycles. The van der Waals surface area contributed by atoms with Crippen molar-refractivity contribution < 1.29 is 4.79 Å². The van der Waals surface area contributed by atoms with Crippen LogP contribution in [0.4, 0.5) is 0 Å². The molecule has 0 aliphatic carbocycles. The van der Waals surface area contributed by atoms with Crippen LogP contribution in [0.3, 0.4) is 0 Å². The number of ketones is 1. The molecule has 0 spiro atoms. The summed E-state index contributed by atoms with van der Waals surface area (Å²) in [5.41, 5.74) is 4.08. The lowest BCUT2D eigenvalue weighted by molar-refractivity contribution is 0.0992. The number of Topliss-reactive ketones (excluding diaryl/α,β-unsaturated/α-hetero) is 1. The number of carbonyl (C=O) groups excluding carboxylic acids is 1. The quantitative estimate of drug-likeness (QED) is 0.622. The number of rotatable bonds is 3. The molecular weight excluding hydrogens is 256 g/mol. The summed E-state index contributed by atoms with van der Waals surface area (Å²) >= 11 is 0. The molecule has 0 fully saturated rings. The number of hydrogen-bond acceptors (Lipinski definition) is 1. The lowest BCUT2D eigenvalue weighted by Crippen LogP contribution is -2.08. The monoisotopic (exact) mass is 274 g/mol. The fourth-order valence-electron chi connectivity index (χ4n) is 2.96. The van der Waals surface area contributed by atoms with E-state index in [1.54, 1.807) is 0 Å². The van der Waals surface area contributed by atoms with Gasteiger partial charge in [0.1, 0.15) is 0 Å². The van der Waals surface area contributed by atoms with Crippen molar-refractivity contribution in [1.82, 2.24) is 0 Å². The number of aryl methyl sites for hydroxylation is 2. The Hall–Kier alpha value is -2.41. The number of benzene rings is 3. The van der Waals surface area contributed by atoms with Gasteiger partial charge >= 0.3 is 0 Å². The van der Waals surface area contributed by atoms with Gasteiger partial charge in [-0.15, -0.1) is 0 Å². The van der Waals surface area contributed by atoms with Gasteiger partial charge in [-0.3, -0.25) is 4.79 Å². The summed E-state index contributed by atoms with van der Waals surface area (Å²) in [6, 6.07) is 20.4. The first-order chi connectivity index (χ1) is 10.2. The molecule has 0 N–H and O–H groups in total. The minimum Gasteiger partial charge on any atom is -0.294 e. The lowest BCUT2D eigenvalue weighted by atomic mass is 9.93. The highest BCUT2D eigenvalue weighted by molar-refractivity contribution is 6.02. The molecule has 0 saturated carbocycles. The zero-order chi connectivity index (χ0) is 14.8. The molecule has 21 heavy (non-hydrogen) atoms. The second kappa shape index (κ2) is 5.53. The highest BCUT2D eigenvalue weighted by Gasteiger charge is 2.13. The van der Waals surface area contributed by atoms with Gasteiger partial charge in [-0.25, -0.2) is 0 Å². The van der Waals surface area contributed by atoms with E-state index in [-0.39, 0.29) is 5.78 Å². The molecule has 104 valence electrons. The van der Waals surface area contributed by atoms with Gasteiger partial charge in [-0.1, -0.05) is 60.7 Å². The number of carbonyl (C=O) groups is 1. The predicted octanol–water partition coefficient (Wildman–Crippen LogP) is 4.88. The van der Waals surface area contributed by atoms with Crippen LogP contribution in [0.1, 0.15) is 27.0 Å². The van der Waals surface area contributed by atoms with E-state index in [2.05, 4.69) is 18.2 Å². The summed E-state index contributed by atoms with van der Waals surface area (Å²) in [7, 11) is 0. The lowest BCUT2D eigenvalue weighted by Gasteiger charge is -2.10. The molecule has 0 atom stereocenters. The molecule has 0 unspecified atom stereocenters. The Bertz CT molecular complexity index is 789. The van der Waals surface area contributed by atoms with Crippen molar-refractivity contribution in [2.24, 2.45) is 0 Å². The van der Waals surface area contributed by atoms with E-state index in [1.165, 1.54) is 10.8 Å². The number of fused-ring (bicyclic) bond motifs is 1. The van der Waals surface area contributed by atoms with Crippen molar-refractivity contribution in [1.29, 1.82) is 0 Å². The fourth-order valence-corrected chi connectivity index (χ4v) is 2.96. The predicted molar refractivity (Wildman–Crippen MR) is 87.9 cm³/mol. The Balaban J connectivity index is 2.01. The Morgan fingerprint density at radius 3 is 2.19 bits per heavy atom. The molecule has 3 aromatic carbocycles. The molecule has 0 aliphatic heterocycles. The van der Waals surface area contributed by atoms with E-state index in [1.807, 2.05) is 56.3 Å². The standard InChI is InChI=1S/C20H18O/c1-14-7-5-8-15(2)20(14)19(21)13-17-11-6-10-16-9-3-4-12-18(16)17/h3-12H,13H2,1-2H3. The van der Waals surface area contributed by atoms with Gasteiger partial charge in [0.15, 0.2) is 5.78 Å². The van der Waals surface area contributed by atoms with Crippen molar-refractivity contribution >= 4 is 16.6 Å². The van der Waals surface area contributed by atoms with Crippen LogP contribution in [0, 0.1) is 13.8 Å². The maximum atomic E-state index is 12.7. The molecule has 0 aromatic heterocycles. The molecule has 0 amide bonds. The van der Waals surface area contributed by atoms with Gasteiger partial charge in [-0.05, 0) is 41.3 Å². The molecule has 0 aliphatic rings. The van der Waals surface area contributed by atoms with Crippen molar-refractivity contribution in [2.45, 2.75) is 20.3 Å². The summed E-state index contributed by atoms with van der Waals surface area (Å²) < 4.78 is 0. The summed E-state index contributed by atoms with van der Waals surface area (Å²) in [4.78, 5) is 12.7. The van der Waals surface area contributed by atoms with Gasteiger partial charge in [0.25, 0.3) is 0 Å². The van der Waals surface area contributed by atoms with Gasteiger partial charge < -0.3 is 0 Å². The van der Waals surface area contributed by atoms with E-state index in [4.69, 9.17) is 0 Å². The van der Waals surface area contributed by atoms with Crippen molar-refractivity contribution in [3.05, 3.63) is 82.9 Å². The molecule has 3 aromatic rings. The molecule has 3 rings (SSSR count). The van der Waals surface area contributed by atoms with Crippen LogP contribution >= 0.6 is 0 Å². The van der Waals surface area contributed by atoms with E-state index in [0.29, 0.717) is 6.42 Å². The fraction of sp³-hybridized carbons (Fsp3) is 0.150. The minimum absolute atomic E-state index is 0.196. The van der Waals surface area contributed by atoms with Crippen molar-refractivity contribution in [3.8, 4) is 0 Å². The second-order valence-electron chi connectivity index (χ2n) is 5.51. The Labute approximate surface area is 125 Å². The van der Waals surface area contributed by atoms with Gasteiger partial charge in [0.05, 0.1) is 0 Å². The van der Waals surface area contributed by atoms with Crippen LogP contribution in [-0.2, 0) is 6.42 Å². The van der Waals surface area contributed by atoms with Crippen LogP contribution in [0.5, 0.6) is 0 Å². The van der Waals surface area contributed by atoms with E-state index in [9.17, 15) is 4.79 Å². The van der Waals surface area contributed by atoms with Crippen molar-refractivity contribution in [3.63, 3.8) is 0 Å². The van der Waals surface area contributed by atoms with Crippen LogP contribution in [-0.4, -0.2) is 5.78 Å². The maximum absolute atomic E-state index is 12.7. The molecule has 1 nitrogen and oxygen atoms in total. The highest BCUT2D eigenvalue weighted by Crippen LogP contribution is 2.22. The van der Waals surface area contributed by atoms with Crippen LogP contribution in [0.15, 0.2) is 60.7 Å². The van der Waals surface area contributed by atoms with Crippen molar-refractivity contribution in [2.75, 3.05) is 0 Å². The maximum Gasteiger partial charge on any atom is 0.167 e. The molecule has 0 bridgehead atoms. The zero-order valence-corrected chi connectivity index (χ0v) is 12.4. The van der Waals surface area contributed by atoms with Crippen LogP contribution in [0.25, 0.3) is 10.8 Å². The smallest absolute Gasteiger partial charge is 0.167 e. The summed E-state index contributed by atoms with van der Waals surface area (Å²) in [6.45, 7) is 4.01. The zero-order valence-electron chi connectivity index (χ0n) is 12.4. The third kappa shape index (κ3) is 2.59. The Morgan fingerprint density at radius 1 is 0.810 bits per heavy atom. The highest BCUT2D eigenvalue weighted by atomic mass is 16.1. The van der Waals surface area contributed by atoms with Gasteiger partial charge in [0.2, 0.25) is 0 Å². The summed E-state index contributed by atoms with van der Waals surface area (Å²) in [5.74, 6) is 0.196. The Morgan fingerprint density at radius 2 is 1.43 bits per heavy atom. The largest absolute Gasteiger partial charge is 0.294 e. The van der Waals surface area contributed by atoms with Crippen LogP contribution in [0.2, 0.25) is 0 Å². The molecule has 0 radical (unpaired) electrons. The van der Waals surface area contributed by atoms with E-state index in [0.717, 1.165) is 22.3 Å². The third-order valence-electron chi connectivity index (χ3n) is 3.99. The van der Waals surface area contributed by atoms with Gasteiger partial charge in [-0.2, -0.15) is 0 Å². The van der Waals surface area contributed by atoms with Gasteiger partial charge in [0, 0.05) is 12.0 Å². The first-order valence-corrected chi connectivity index (χ1v) is 7.23. The first-order valence-electron chi connectivity index (χ1n) is 7.23.